The van der Waals surface area contributed by atoms with E-state index in [1.165, 1.54) is 0 Å². The second-order valence-corrected chi connectivity index (χ2v) is 4.60. The number of hydrogen-bond donors (Lipinski definition) is 2. The largest absolute Gasteiger partial charge is 0.508 e. The van der Waals surface area contributed by atoms with Crippen molar-refractivity contribution in [3.8, 4) is 5.75 Å². The minimum atomic E-state index is 0.254. The average Bonchev–Trinajstić information content (AvgIpc) is 2.80. The van der Waals surface area contributed by atoms with Gasteiger partial charge in [-0.25, -0.2) is 4.98 Å². The van der Waals surface area contributed by atoms with Crippen LogP contribution >= 0.6 is 11.3 Å². The van der Waals surface area contributed by atoms with Crippen molar-refractivity contribution in [3.63, 3.8) is 0 Å². The van der Waals surface area contributed by atoms with Gasteiger partial charge in [-0.1, -0.05) is 12.1 Å². The van der Waals surface area contributed by atoms with E-state index in [-0.39, 0.29) is 6.04 Å². The van der Waals surface area contributed by atoms with Crippen molar-refractivity contribution in [2.45, 2.75) is 19.5 Å². The van der Waals surface area contributed by atoms with E-state index in [1.54, 1.807) is 23.5 Å². The highest BCUT2D eigenvalue weighted by atomic mass is 32.1. The Morgan fingerprint density at radius 3 is 2.75 bits per heavy atom. The number of hydrogen-bond acceptors (Lipinski definition) is 4. The molecule has 1 heterocycles. The van der Waals surface area contributed by atoms with Gasteiger partial charge in [0.2, 0.25) is 0 Å². The molecule has 3 nitrogen and oxygen atoms in total. The van der Waals surface area contributed by atoms with Gasteiger partial charge in [0.05, 0.1) is 0 Å². The lowest BCUT2D eigenvalue weighted by Gasteiger charge is -2.13. The minimum Gasteiger partial charge on any atom is -0.508 e. The summed E-state index contributed by atoms with van der Waals surface area (Å²) < 4.78 is 0. The number of aromatic nitrogens is 1. The van der Waals surface area contributed by atoms with Crippen molar-refractivity contribution in [1.29, 1.82) is 0 Å². The van der Waals surface area contributed by atoms with Crippen molar-refractivity contribution < 1.29 is 5.11 Å². The Balaban J connectivity index is 1.93. The first-order valence-corrected chi connectivity index (χ1v) is 6.04. The van der Waals surface area contributed by atoms with Gasteiger partial charge in [0.15, 0.2) is 0 Å². The summed E-state index contributed by atoms with van der Waals surface area (Å²) in [6, 6.07) is 7.52. The summed E-state index contributed by atoms with van der Waals surface area (Å²) in [6.45, 7) is 2.87. The first-order chi connectivity index (χ1) is 7.75. The SMILES string of the molecule is CC(NCc1nccs1)c1ccc(O)cc1. The molecule has 0 saturated carbocycles. The monoisotopic (exact) mass is 234 g/mol. The summed E-state index contributed by atoms with van der Waals surface area (Å²) in [5.41, 5.74) is 1.16. The first kappa shape index (κ1) is 11.1. The van der Waals surface area contributed by atoms with Crippen LogP contribution in [0.2, 0.25) is 0 Å². The zero-order valence-electron chi connectivity index (χ0n) is 9.05. The number of phenols is 1. The summed E-state index contributed by atoms with van der Waals surface area (Å²) >= 11 is 1.65. The van der Waals surface area contributed by atoms with Gasteiger partial charge in [-0.2, -0.15) is 0 Å². The summed E-state index contributed by atoms with van der Waals surface area (Å²) in [6.07, 6.45) is 1.81. The molecule has 0 aliphatic rings. The van der Waals surface area contributed by atoms with Crippen LogP contribution in [0.1, 0.15) is 23.5 Å². The van der Waals surface area contributed by atoms with E-state index in [1.807, 2.05) is 23.7 Å². The lowest BCUT2D eigenvalue weighted by molar-refractivity contribution is 0.474. The third-order valence-electron chi connectivity index (χ3n) is 2.44. The Kier molecular flexibility index (Phi) is 3.54. The molecule has 4 heteroatoms. The van der Waals surface area contributed by atoms with Crippen LogP contribution < -0.4 is 5.32 Å². The molecule has 0 aliphatic carbocycles. The van der Waals surface area contributed by atoms with Crippen molar-refractivity contribution in [2.24, 2.45) is 0 Å². The van der Waals surface area contributed by atoms with Crippen molar-refractivity contribution in [1.82, 2.24) is 10.3 Å². The van der Waals surface area contributed by atoms with E-state index in [0.717, 1.165) is 17.1 Å². The molecule has 1 aromatic carbocycles. The fraction of sp³-hybridized carbons (Fsp3) is 0.250. The minimum absolute atomic E-state index is 0.254. The molecular formula is C12H14N2OS. The van der Waals surface area contributed by atoms with Crippen molar-refractivity contribution in [3.05, 3.63) is 46.4 Å². The maximum absolute atomic E-state index is 9.19. The predicted molar refractivity (Wildman–Crippen MR) is 65.5 cm³/mol. The van der Waals surface area contributed by atoms with Crippen molar-refractivity contribution in [2.75, 3.05) is 0 Å². The zero-order chi connectivity index (χ0) is 11.4. The third-order valence-corrected chi connectivity index (χ3v) is 3.22. The summed E-state index contributed by atoms with van der Waals surface area (Å²) in [4.78, 5) is 4.21. The van der Waals surface area contributed by atoms with Crippen LogP contribution in [0.5, 0.6) is 5.75 Å². The fourth-order valence-electron chi connectivity index (χ4n) is 1.46. The average molecular weight is 234 g/mol. The quantitative estimate of drug-likeness (QED) is 0.855. The molecule has 2 aromatic rings. The number of rotatable bonds is 4. The van der Waals surface area contributed by atoms with Gasteiger partial charge in [0.1, 0.15) is 10.8 Å². The van der Waals surface area contributed by atoms with Gasteiger partial charge in [-0.05, 0) is 24.6 Å². The number of phenolic OH excluding ortho intramolecular Hbond substituents is 1. The molecule has 0 spiro atoms. The molecule has 1 unspecified atom stereocenters. The molecule has 0 aliphatic heterocycles. The number of benzene rings is 1. The number of aromatic hydroxyl groups is 1. The molecule has 0 bridgehead atoms. The van der Waals surface area contributed by atoms with Gasteiger partial charge in [0.25, 0.3) is 0 Å². The molecule has 0 amide bonds. The maximum atomic E-state index is 9.19. The van der Waals surface area contributed by atoms with E-state index in [2.05, 4.69) is 17.2 Å². The van der Waals surface area contributed by atoms with Crippen LogP contribution in [0.3, 0.4) is 0 Å². The molecule has 0 fully saturated rings. The molecule has 2 rings (SSSR count). The van der Waals surface area contributed by atoms with Gasteiger partial charge in [0, 0.05) is 24.2 Å². The molecule has 2 N–H and O–H groups in total. The van der Waals surface area contributed by atoms with Crippen LogP contribution in [-0.4, -0.2) is 10.1 Å². The summed E-state index contributed by atoms with van der Waals surface area (Å²) in [7, 11) is 0. The third kappa shape index (κ3) is 2.81. The Labute approximate surface area is 98.8 Å². The zero-order valence-corrected chi connectivity index (χ0v) is 9.87. The highest BCUT2D eigenvalue weighted by Gasteiger charge is 2.05. The second kappa shape index (κ2) is 5.09. The highest BCUT2D eigenvalue weighted by molar-refractivity contribution is 7.09. The summed E-state index contributed by atoms with van der Waals surface area (Å²) in [5, 5.41) is 15.6. The number of nitrogens with zero attached hydrogens (tertiary/aromatic N) is 1. The molecule has 84 valence electrons. The van der Waals surface area contributed by atoms with E-state index in [0.29, 0.717) is 5.75 Å². The van der Waals surface area contributed by atoms with E-state index in [9.17, 15) is 5.11 Å². The van der Waals surface area contributed by atoms with E-state index in [4.69, 9.17) is 0 Å². The van der Waals surface area contributed by atoms with Gasteiger partial charge >= 0.3 is 0 Å². The first-order valence-electron chi connectivity index (χ1n) is 5.16. The van der Waals surface area contributed by atoms with Crippen molar-refractivity contribution >= 4 is 11.3 Å². The van der Waals surface area contributed by atoms with Gasteiger partial charge in [-0.3, -0.25) is 0 Å². The molecule has 1 aromatic heterocycles. The maximum Gasteiger partial charge on any atom is 0.115 e. The normalized spacial score (nSPS) is 12.6. The van der Waals surface area contributed by atoms with Crippen LogP contribution in [0.25, 0.3) is 0 Å². The van der Waals surface area contributed by atoms with Crippen LogP contribution in [0.4, 0.5) is 0 Å². The van der Waals surface area contributed by atoms with Gasteiger partial charge in [-0.15, -0.1) is 11.3 Å². The van der Waals surface area contributed by atoms with Crippen LogP contribution in [0, 0.1) is 0 Å². The number of nitrogens with one attached hydrogen (secondary N) is 1. The lowest BCUT2D eigenvalue weighted by atomic mass is 10.1. The molecule has 16 heavy (non-hydrogen) atoms. The van der Waals surface area contributed by atoms with Gasteiger partial charge < -0.3 is 10.4 Å². The van der Waals surface area contributed by atoms with E-state index >= 15 is 0 Å². The Bertz CT molecular complexity index is 425. The standard InChI is InChI=1S/C12H14N2OS/c1-9(10-2-4-11(15)5-3-10)14-8-12-13-6-7-16-12/h2-7,9,14-15H,8H2,1H3. The topological polar surface area (TPSA) is 45.2 Å². The Morgan fingerprint density at radius 1 is 1.38 bits per heavy atom. The van der Waals surface area contributed by atoms with E-state index < -0.39 is 0 Å². The fourth-order valence-corrected chi connectivity index (χ4v) is 2.03. The Morgan fingerprint density at radius 2 is 2.12 bits per heavy atom. The Hall–Kier alpha value is -1.39. The second-order valence-electron chi connectivity index (χ2n) is 3.62. The van der Waals surface area contributed by atoms with Crippen LogP contribution in [0.15, 0.2) is 35.8 Å². The molecule has 0 saturated heterocycles. The molecule has 1 atom stereocenters. The molecule has 0 radical (unpaired) electrons. The summed E-state index contributed by atoms with van der Waals surface area (Å²) in [5.74, 6) is 0.302. The van der Waals surface area contributed by atoms with Crippen LogP contribution in [-0.2, 0) is 6.54 Å². The smallest absolute Gasteiger partial charge is 0.115 e. The number of thiazole rings is 1. The molecular weight excluding hydrogens is 220 g/mol. The predicted octanol–water partition coefficient (Wildman–Crippen LogP) is 2.70. The lowest BCUT2D eigenvalue weighted by Crippen LogP contribution is -2.17. The highest BCUT2D eigenvalue weighted by Crippen LogP contribution is 2.17.